The molecule has 0 aromatic heterocycles. The molecule has 0 aliphatic heterocycles. The molecule has 2 rings (SSSR count). The van der Waals surface area contributed by atoms with Gasteiger partial charge in [0.25, 0.3) is 0 Å². The van der Waals surface area contributed by atoms with E-state index in [1.807, 2.05) is 39.8 Å². The topological polar surface area (TPSA) is 47.6 Å². The SMILES string of the molecule is CC(C)=CCOc1ccc(C=CC(=O)Nc2ccc(S(F)(F)(F)(F)F)cc2)cc1OCC=C(C)C. The van der Waals surface area contributed by atoms with Crippen molar-refractivity contribution in [1.82, 2.24) is 0 Å². The third-order valence-corrected chi connectivity index (χ3v) is 5.59. The summed E-state index contributed by atoms with van der Waals surface area (Å²) in [5.74, 6) is 0.343. The molecule has 35 heavy (non-hydrogen) atoms. The number of hydrogen-bond acceptors (Lipinski definition) is 3. The number of halogens is 5. The normalized spacial score (nSPS) is 13.4. The maximum atomic E-state index is 12.8. The van der Waals surface area contributed by atoms with Crippen LogP contribution in [-0.2, 0) is 4.79 Å². The molecule has 4 nitrogen and oxygen atoms in total. The van der Waals surface area contributed by atoms with E-state index in [0.29, 0.717) is 30.3 Å². The van der Waals surface area contributed by atoms with Gasteiger partial charge in [0, 0.05) is 11.8 Å². The maximum absolute atomic E-state index is 12.8. The van der Waals surface area contributed by atoms with Gasteiger partial charge in [-0.3, -0.25) is 4.79 Å². The Kier molecular flexibility index (Phi) is 8.11. The van der Waals surface area contributed by atoms with Gasteiger partial charge in [0.1, 0.15) is 18.1 Å². The van der Waals surface area contributed by atoms with Crippen LogP contribution in [0, 0.1) is 0 Å². The third kappa shape index (κ3) is 9.86. The molecule has 1 amide bonds. The van der Waals surface area contributed by atoms with Gasteiger partial charge >= 0.3 is 10.2 Å². The molecule has 0 atom stereocenters. The highest BCUT2D eigenvalue weighted by Crippen LogP contribution is 3.02. The van der Waals surface area contributed by atoms with Crippen molar-refractivity contribution >= 4 is 27.9 Å². The number of ether oxygens (including phenoxy) is 2. The Morgan fingerprint density at radius 2 is 1.37 bits per heavy atom. The molecule has 0 bridgehead atoms. The van der Waals surface area contributed by atoms with E-state index in [4.69, 9.17) is 9.47 Å². The Morgan fingerprint density at radius 3 is 1.89 bits per heavy atom. The minimum absolute atomic E-state index is 0.0565. The number of amides is 1. The van der Waals surface area contributed by atoms with Crippen molar-refractivity contribution in [2.75, 3.05) is 18.5 Å². The molecular weight excluding hydrogens is 489 g/mol. The highest BCUT2D eigenvalue weighted by molar-refractivity contribution is 8.45. The van der Waals surface area contributed by atoms with E-state index in [1.54, 1.807) is 18.2 Å². The van der Waals surface area contributed by atoms with Crippen LogP contribution in [0.4, 0.5) is 25.1 Å². The van der Waals surface area contributed by atoms with E-state index in [0.717, 1.165) is 29.4 Å². The van der Waals surface area contributed by atoms with Crippen molar-refractivity contribution in [2.24, 2.45) is 0 Å². The van der Waals surface area contributed by atoms with E-state index >= 15 is 0 Å². The lowest BCUT2D eigenvalue weighted by molar-refractivity contribution is -0.111. The monoisotopic (exact) mass is 517 g/mol. The van der Waals surface area contributed by atoms with Crippen LogP contribution in [0.25, 0.3) is 6.08 Å². The average Bonchev–Trinajstić information content (AvgIpc) is 2.71. The zero-order chi connectivity index (χ0) is 26.3. The lowest BCUT2D eigenvalue weighted by Gasteiger charge is -2.40. The van der Waals surface area contributed by atoms with E-state index < -0.39 is 21.0 Å². The molecule has 0 aliphatic carbocycles. The van der Waals surface area contributed by atoms with Gasteiger partial charge in [-0.15, -0.1) is 0 Å². The van der Waals surface area contributed by atoms with E-state index in [9.17, 15) is 24.2 Å². The zero-order valence-corrected chi connectivity index (χ0v) is 20.6. The molecular formula is C25H28F5NO3S. The summed E-state index contributed by atoms with van der Waals surface area (Å²) in [6.07, 6.45) is 6.46. The molecule has 0 unspecified atom stereocenters. The summed E-state index contributed by atoms with van der Waals surface area (Å²) in [5.41, 5.74) is 2.74. The standard InChI is InChI=1S/C25H28F5NO3S/c1-18(2)13-15-33-23-11-5-20(17-24(23)34-16-14-19(3)4)6-12-25(32)31-21-7-9-22(10-8-21)35(26,27,28,29)30/h5-14,17H,15-16H2,1-4H3,(H,31,32). The highest BCUT2D eigenvalue weighted by Gasteiger charge is 2.65. The molecule has 0 radical (unpaired) electrons. The van der Waals surface area contributed by atoms with Crippen LogP contribution in [-0.4, -0.2) is 19.1 Å². The van der Waals surface area contributed by atoms with Gasteiger partial charge in [0.2, 0.25) is 5.91 Å². The number of carbonyl (C=O) groups excluding carboxylic acids is 1. The van der Waals surface area contributed by atoms with Crippen molar-refractivity contribution in [3.05, 3.63) is 77.4 Å². The van der Waals surface area contributed by atoms with E-state index in [1.165, 1.54) is 6.08 Å². The second-order valence-corrected chi connectivity index (χ2v) is 10.6. The molecule has 0 fully saturated rings. The first kappa shape index (κ1) is 28.0. The number of nitrogens with one attached hydrogen (secondary N) is 1. The smallest absolute Gasteiger partial charge is 0.310 e. The second kappa shape index (κ2) is 10.2. The average molecular weight is 518 g/mol. The van der Waals surface area contributed by atoms with Crippen molar-refractivity contribution in [3.63, 3.8) is 0 Å². The Bertz CT molecular complexity index is 1150. The fourth-order valence-corrected chi connectivity index (χ4v) is 3.26. The number of benzene rings is 2. The van der Waals surface area contributed by atoms with Crippen LogP contribution in [0.1, 0.15) is 33.3 Å². The predicted octanol–water partition coefficient (Wildman–Crippen LogP) is 8.69. The van der Waals surface area contributed by atoms with Crippen LogP contribution >= 0.6 is 10.2 Å². The Hall–Kier alpha value is -3.27. The van der Waals surface area contributed by atoms with Crippen LogP contribution in [0.15, 0.2) is 76.7 Å². The molecule has 2 aromatic carbocycles. The highest BCUT2D eigenvalue weighted by atomic mass is 32.5. The number of rotatable bonds is 10. The molecule has 0 spiro atoms. The summed E-state index contributed by atoms with van der Waals surface area (Å²) in [6.45, 7) is 8.48. The van der Waals surface area contributed by atoms with Gasteiger partial charge in [-0.2, -0.15) is 0 Å². The predicted molar refractivity (Wildman–Crippen MR) is 132 cm³/mol. The van der Waals surface area contributed by atoms with Gasteiger partial charge in [-0.25, -0.2) is 0 Å². The molecule has 2 aromatic rings. The molecule has 0 heterocycles. The number of anilines is 1. The van der Waals surface area contributed by atoms with Gasteiger partial charge in [-0.1, -0.05) is 36.6 Å². The summed E-state index contributed by atoms with van der Waals surface area (Å²) in [7, 11) is -9.76. The van der Waals surface area contributed by atoms with Crippen molar-refractivity contribution in [3.8, 4) is 11.5 Å². The number of hydrogen-bond donors (Lipinski definition) is 1. The van der Waals surface area contributed by atoms with E-state index in [-0.39, 0.29) is 17.8 Å². The zero-order valence-electron chi connectivity index (χ0n) is 19.8. The molecule has 0 saturated heterocycles. The largest absolute Gasteiger partial charge is 0.486 e. The van der Waals surface area contributed by atoms with Gasteiger partial charge < -0.3 is 14.8 Å². The summed E-state index contributed by atoms with van der Waals surface area (Å²) in [6, 6.07) is 7.12. The van der Waals surface area contributed by atoms with Gasteiger partial charge in [0.05, 0.1) is 0 Å². The van der Waals surface area contributed by atoms with Crippen LogP contribution in [0.3, 0.4) is 0 Å². The fourth-order valence-electron chi connectivity index (χ4n) is 2.61. The summed E-state index contributed by atoms with van der Waals surface area (Å²) >= 11 is 0. The Labute approximate surface area is 201 Å². The maximum Gasteiger partial charge on any atom is 0.310 e. The first-order valence-corrected chi connectivity index (χ1v) is 12.5. The summed E-state index contributed by atoms with van der Waals surface area (Å²) in [5, 5.41) is 2.33. The number of allylic oxidation sites excluding steroid dienone is 2. The van der Waals surface area contributed by atoms with E-state index in [2.05, 4.69) is 5.32 Å². The minimum Gasteiger partial charge on any atom is -0.486 e. The lowest BCUT2D eigenvalue weighted by Crippen LogP contribution is -2.09. The van der Waals surface area contributed by atoms with Gasteiger partial charge in [-0.05, 0) is 87.9 Å². The summed E-state index contributed by atoms with van der Waals surface area (Å²) < 4.78 is 75.6. The Balaban J connectivity index is 2.13. The van der Waals surface area contributed by atoms with Crippen LogP contribution < -0.4 is 14.8 Å². The molecule has 0 aliphatic rings. The molecule has 1 N–H and O–H groups in total. The lowest BCUT2D eigenvalue weighted by atomic mass is 10.2. The fraction of sp³-hybridized carbons (Fsp3) is 0.240. The van der Waals surface area contributed by atoms with Crippen molar-refractivity contribution in [2.45, 2.75) is 32.6 Å². The number of carbonyl (C=O) groups is 1. The minimum atomic E-state index is -9.76. The first-order valence-electron chi connectivity index (χ1n) is 10.5. The third-order valence-electron chi connectivity index (χ3n) is 4.42. The second-order valence-electron chi connectivity index (χ2n) is 8.21. The molecule has 10 heteroatoms. The van der Waals surface area contributed by atoms with Crippen molar-refractivity contribution < 1.29 is 33.7 Å². The summed E-state index contributed by atoms with van der Waals surface area (Å²) in [4.78, 5) is 10.1. The van der Waals surface area contributed by atoms with Crippen LogP contribution in [0.5, 0.6) is 11.5 Å². The first-order chi connectivity index (χ1) is 16.0. The molecule has 0 saturated carbocycles. The quantitative estimate of drug-likeness (QED) is 0.195. The Morgan fingerprint density at radius 1 is 0.829 bits per heavy atom. The van der Waals surface area contributed by atoms with Gasteiger partial charge in [0.15, 0.2) is 11.5 Å². The molecule has 192 valence electrons. The van der Waals surface area contributed by atoms with Crippen LogP contribution in [0.2, 0.25) is 0 Å². The van der Waals surface area contributed by atoms with Crippen molar-refractivity contribution in [1.29, 1.82) is 0 Å².